The molecular formula is C13H27NO. The molecule has 1 aliphatic carbocycles. The van der Waals surface area contributed by atoms with Gasteiger partial charge < -0.3 is 10.1 Å². The third-order valence-corrected chi connectivity index (χ3v) is 3.02. The van der Waals surface area contributed by atoms with Gasteiger partial charge in [0.15, 0.2) is 0 Å². The molecule has 90 valence electrons. The highest BCUT2D eigenvalue weighted by atomic mass is 16.5. The topological polar surface area (TPSA) is 21.3 Å². The maximum atomic E-state index is 5.85. The Bertz CT molecular complexity index is 145. The fourth-order valence-corrected chi connectivity index (χ4v) is 1.69. The second-order valence-electron chi connectivity index (χ2n) is 4.64. The number of unbranched alkanes of at least 4 members (excludes halogenated alkanes) is 3. The molecule has 1 saturated carbocycles. The molecule has 1 aliphatic rings. The predicted molar refractivity (Wildman–Crippen MR) is 65.2 cm³/mol. The van der Waals surface area contributed by atoms with E-state index in [4.69, 9.17) is 4.74 Å². The van der Waals surface area contributed by atoms with Gasteiger partial charge in [0.2, 0.25) is 0 Å². The highest BCUT2D eigenvalue weighted by Crippen LogP contribution is 2.18. The molecule has 0 aromatic heterocycles. The average molecular weight is 213 g/mol. The van der Waals surface area contributed by atoms with Crippen LogP contribution in [0, 0.1) is 0 Å². The van der Waals surface area contributed by atoms with Crippen molar-refractivity contribution in [1.29, 1.82) is 0 Å². The van der Waals surface area contributed by atoms with Crippen molar-refractivity contribution in [3.63, 3.8) is 0 Å². The normalized spacial score (nSPS) is 18.0. The van der Waals surface area contributed by atoms with Crippen molar-refractivity contribution in [2.75, 3.05) is 13.2 Å². The lowest BCUT2D eigenvalue weighted by Gasteiger charge is -2.16. The summed E-state index contributed by atoms with van der Waals surface area (Å²) < 4.78 is 5.85. The van der Waals surface area contributed by atoms with Crippen LogP contribution in [0.15, 0.2) is 0 Å². The molecule has 1 fully saturated rings. The summed E-state index contributed by atoms with van der Waals surface area (Å²) in [5.41, 5.74) is 0. The Kier molecular flexibility index (Phi) is 7.03. The lowest BCUT2D eigenvalue weighted by Crippen LogP contribution is -2.30. The van der Waals surface area contributed by atoms with Crippen molar-refractivity contribution in [2.45, 2.75) is 70.9 Å². The number of ether oxygens (including phenoxy) is 1. The zero-order valence-electron chi connectivity index (χ0n) is 10.4. The van der Waals surface area contributed by atoms with Crippen molar-refractivity contribution in [1.82, 2.24) is 5.32 Å². The Balaban J connectivity index is 1.90. The third kappa shape index (κ3) is 6.91. The molecule has 1 N–H and O–H groups in total. The molecule has 0 bridgehead atoms. The number of rotatable bonds is 10. The molecule has 0 aromatic rings. The molecule has 0 spiro atoms. The second-order valence-corrected chi connectivity index (χ2v) is 4.64. The van der Waals surface area contributed by atoms with Gasteiger partial charge in [-0.2, -0.15) is 0 Å². The Morgan fingerprint density at radius 3 is 2.60 bits per heavy atom. The molecule has 0 radical (unpaired) electrons. The molecular weight excluding hydrogens is 186 g/mol. The van der Waals surface area contributed by atoms with Crippen LogP contribution in [0.25, 0.3) is 0 Å². The third-order valence-electron chi connectivity index (χ3n) is 3.02. The fraction of sp³-hybridized carbons (Fsp3) is 1.00. The van der Waals surface area contributed by atoms with Crippen LogP contribution in [0.1, 0.15) is 58.8 Å². The standard InChI is InChI=1S/C13H27NO/c1-3-5-6-7-10-15-13(4-2)11-14-12-8-9-12/h12-14H,3-11H2,1-2H3. The van der Waals surface area contributed by atoms with Crippen molar-refractivity contribution in [3.05, 3.63) is 0 Å². The van der Waals surface area contributed by atoms with Crippen LogP contribution in [0.2, 0.25) is 0 Å². The van der Waals surface area contributed by atoms with Crippen LogP contribution in [-0.4, -0.2) is 25.3 Å². The van der Waals surface area contributed by atoms with Gasteiger partial charge >= 0.3 is 0 Å². The van der Waals surface area contributed by atoms with Gasteiger partial charge in [-0.25, -0.2) is 0 Å². The van der Waals surface area contributed by atoms with E-state index in [0.29, 0.717) is 6.10 Å². The summed E-state index contributed by atoms with van der Waals surface area (Å²) >= 11 is 0. The van der Waals surface area contributed by atoms with Gasteiger partial charge in [-0.1, -0.05) is 33.1 Å². The molecule has 0 heterocycles. The van der Waals surface area contributed by atoms with E-state index in [2.05, 4.69) is 19.2 Å². The number of hydrogen-bond acceptors (Lipinski definition) is 2. The van der Waals surface area contributed by atoms with E-state index in [-0.39, 0.29) is 0 Å². The molecule has 0 aromatic carbocycles. The number of hydrogen-bond donors (Lipinski definition) is 1. The van der Waals surface area contributed by atoms with E-state index in [9.17, 15) is 0 Å². The highest BCUT2D eigenvalue weighted by molar-refractivity contribution is 4.81. The van der Waals surface area contributed by atoms with Crippen molar-refractivity contribution >= 4 is 0 Å². The van der Waals surface area contributed by atoms with Crippen LogP contribution in [0.3, 0.4) is 0 Å². The fourth-order valence-electron chi connectivity index (χ4n) is 1.69. The quantitative estimate of drug-likeness (QED) is 0.563. The van der Waals surface area contributed by atoms with Crippen LogP contribution in [-0.2, 0) is 4.74 Å². The van der Waals surface area contributed by atoms with Crippen molar-refractivity contribution in [3.8, 4) is 0 Å². The van der Waals surface area contributed by atoms with Gasteiger partial charge in [0.25, 0.3) is 0 Å². The Hall–Kier alpha value is -0.0800. The van der Waals surface area contributed by atoms with Crippen molar-refractivity contribution < 1.29 is 4.74 Å². The maximum Gasteiger partial charge on any atom is 0.0696 e. The molecule has 0 aliphatic heterocycles. The molecule has 1 rings (SSSR count). The Morgan fingerprint density at radius 2 is 2.00 bits per heavy atom. The predicted octanol–water partition coefficient (Wildman–Crippen LogP) is 3.11. The number of nitrogens with one attached hydrogen (secondary N) is 1. The maximum absolute atomic E-state index is 5.85. The monoisotopic (exact) mass is 213 g/mol. The van der Waals surface area contributed by atoms with Crippen LogP contribution >= 0.6 is 0 Å². The van der Waals surface area contributed by atoms with E-state index in [0.717, 1.165) is 25.6 Å². The summed E-state index contributed by atoms with van der Waals surface area (Å²) in [6.07, 6.45) is 9.51. The second kappa shape index (κ2) is 8.12. The van der Waals surface area contributed by atoms with Crippen LogP contribution in [0.5, 0.6) is 0 Å². The summed E-state index contributed by atoms with van der Waals surface area (Å²) in [5.74, 6) is 0. The van der Waals surface area contributed by atoms with Crippen molar-refractivity contribution in [2.24, 2.45) is 0 Å². The minimum Gasteiger partial charge on any atom is -0.377 e. The largest absolute Gasteiger partial charge is 0.377 e. The van der Waals surface area contributed by atoms with E-state index in [1.54, 1.807) is 0 Å². The van der Waals surface area contributed by atoms with Gasteiger partial charge in [0, 0.05) is 19.2 Å². The lowest BCUT2D eigenvalue weighted by molar-refractivity contribution is 0.0480. The van der Waals surface area contributed by atoms with E-state index < -0.39 is 0 Å². The highest BCUT2D eigenvalue weighted by Gasteiger charge is 2.21. The van der Waals surface area contributed by atoms with Gasteiger partial charge in [0.1, 0.15) is 0 Å². The molecule has 2 heteroatoms. The zero-order chi connectivity index (χ0) is 10.9. The van der Waals surface area contributed by atoms with E-state index in [1.165, 1.54) is 38.5 Å². The van der Waals surface area contributed by atoms with Gasteiger partial charge in [-0.15, -0.1) is 0 Å². The van der Waals surface area contributed by atoms with Crippen LogP contribution in [0.4, 0.5) is 0 Å². The summed E-state index contributed by atoms with van der Waals surface area (Å²) in [5, 5.41) is 3.53. The van der Waals surface area contributed by atoms with Gasteiger partial charge in [-0.05, 0) is 25.7 Å². The Morgan fingerprint density at radius 1 is 1.20 bits per heavy atom. The molecule has 1 unspecified atom stereocenters. The average Bonchev–Trinajstić information content (AvgIpc) is 3.06. The van der Waals surface area contributed by atoms with E-state index in [1.807, 2.05) is 0 Å². The molecule has 0 amide bonds. The van der Waals surface area contributed by atoms with Gasteiger partial charge in [0.05, 0.1) is 6.10 Å². The molecule has 15 heavy (non-hydrogen) atoms. The SMILES string of the molecule is CCCCCCOC(CC)CNC1CC1. The molecule has 1 atom stereocenters. The molecule has 0 saturated heterocycles. The first-order chi connectivity index (χ1) is 7.36. The summed E-state index contributed by atoms with van der Waals surface area (Å²) in [6.45, 7) is 6.46. The molecule has 2 nitrogen and oxygen atoms in total. The zero-order valence-corrected chi connectivity index (χ0v) is 10.4. The minimum absolute atomic E-state index is 0.437. The van der Waals surface area contributed by atoms with Crippen LogP contribution < -0.4 is 5.32 Å². The van der Waals surface area contributed by atoms with Gasteiger partial charge in [-0.3, -0.25) is 0 Å². The van der Waals surface area contributed by atoms with E-state index >= 15 is 0 Å². The summed E-state index contributed by atoms with van der Waals surface area (Å²) in [4.78, 5) is 0. The smallest absolute Gasteiger partial charge is 0.0696 e. The first kappa shape index (κ1) is 13.0. The Labute approximate surface area is 94.8 Å². The lowest BCUT2D eigenvalue weighted by atomic mass is 10.2. The summed E-state index contributed by atoms with van der Waals surface area (Å²) in [7, 11) is 0. The first-order valence-corrected chi connectivity index (χ1v) is 6.71. The minimum atomic E-state index is 0.437. The first-order valence-electron chi connectivity index (χ1n) is 6.71. The summed E-state index contributed by atoms with van der Waals surface area (Å²) in [6, 6.07) is 0.808.